The van der Waals surface area contributed by atoms with E-state index in [1.165, 1.54) is 0 Å². The third-order valence-corrected chi connectivity index (χ3v) is 6.19. The Bertz CT molecular complexity index is 864. The summed E-state index contributed by atoms with van der Waals surface area (Å²) >= 11 is 0. The smallest absolute Gasteiger partial charge is 0.217 e. The van der Waals surface area contributed by atoms with Crippen molar-refractivity contribution in [3.63, 3.8) is 0 Å². The van der Waals surface area contributed by atoms with E-state index in [-0.39, 0.29) is 5.90 Å². The second-order valence-corrected chi connectivity index (χ2v) is 7.29. The number of benzene rings is 1. The molecular formula is C20H18N4O2. The van der Waals surface area contributed by atoms with Crippen LogP contribution in [0.2, 0.25) is 0 Å². The SMILES string of the molecule is N#CC1(C#N)[C@@H](Cc2ccccc2)O[C@@]23CCCC[C@H]2[C@@]1(C#N)C(=N)O3. The molecule has 2 aliphatic heterocycles. The molecule has 3 aliphatic rings. The van der Waals surface area contributed by atoms with Crippen LogP contribution in [-0.2, 0) is 15.9 Å². The van der Waals surface area contributed by atoms with Crippen molar-refractivity contribution < 1.29 is 9.47 Å². The van der Waals surface area contributed by atoms with Gasteiger partial charge in [-0.1, -0.05) is 36.8 Å². The van der Waals surface area contributed by atoms with Gasteiger partial charge in [0.1, 0.15) is 6.10 Å². The van der Waals surface area contributed by atoms with Crippen molar-refractivity contribution in [3.05, 3.63) is 35.9 Å². The van der Waals surface area contributed by atoms with Gasteiger partial charge < -0.3 is 9.47 Å². The van der Waals surface area contributed by atoms with Gasteiger partial charge in [0.25, 0.3) is 0 Å². The fraction of sp³-hybridized carbons (Fsp3) is 0.500. The highest BCUT2D eigenvalue weighted by Crippen LogP contribution is 2.66. The van der Waals surface area contributed by atoms with Gasteiger partial charge in [-0.05, 0) is 18.4 Å². The summed E-state index contributed by atoms with van der Waals surface area (Å²) in [4.78, 5) is 0. The van der Waals surface area contributed by atoms with Gasteiger partial charge >= 0.3 is 0 Å². The molecule has 3 fully saturated rings. The number of nitriles is 3. The number of hydrogen-bond donors (Lipinski definition) is 1. The van der Waals surface area contributed by atoms with E-state index < -0.39 is 28.6 Å². The highest BCUT2D eigenvalue weighted by atomic mass is 16.7. The minimum atomic E-state index is -1.78. The zero-order chi connectivity index (χ0) is 18.4. The van der Waals surface area contributed by atoms with Crippen molar-refractivity contribution in [2.24, 2.45) is 16.7 Å². The fourth-order valence-electron chi connectivity index (χ4n) is 4.98. The Morgan fingerprint density at radius 1 is 1.08 bits per heavy atom. The van der Waals surface area contributed by atoms with Crippen molar-refractivity contribution in [1.29, 1.82) is 21.2 Å². The summed E-state index contributed by atoms with van der Waals surface area (Å²) in [6.07, 6.45) is 2.40. The van der Waals surface area contributed by atoms with Crippen LogP contribution >= 0.6 is 0 Å². The van der Waals surface area contributed by atoms with Gasteiger partial charge in [-0.2, -0.15) is 15.8 Å². The fourth-order valence-corrected chi connectivity index (χ4v) is 4.98. The van der Waals surface area contributed by atoms with Gasteiger partial charge in [0.15, 0.2) is 10.8 Å². The first-order valence-electron chi connectivity index (χ1n) is 8.82. The normalized spacial score (nSPS) is 36.7. The molecule has 0 spiro atoms. The summed E-state index contributed by atoms with van der Waals surface area (Å²) in [5, 5.41) is 38.7. The third kappa shape index (κ3) is 1.79. The van der Waals surface area contributed by atoms with Crippen molar-refractivity contribution >= 4 is 5.90 Å². The molecule has 2 bridgehead atoms. The quantitative estimate of drug-likeness (QED) is 0.884. The summed E-state index contributed by atoms with van der Waals surface area (Å²) in [5.74, 6) is -1.82. The first-order valence-corrected chi connectivity index (χ1v) is 8.82. The molecule has 1 aliphatic carbocycles. The molecule has 0 radical (unpaired) electrons. The minimum absolute atomic E-state index is 0.287. The van der Waals surface area contributed by atoms with Crippen LogP contribution in [0.25, 0.3) is 0 Å². The largest absolute Gasteiger partial charge is 0.447 e. The van der Waals surface area contributed by atoms with Gasteiger partial charge in [0.2, 0.25) is 11.7 Å². The molecule has 4 rings (SSSR count). The van der Waals surface area contributed by atoms with Gasteiger partial charge in [0, 0.05) is 12.8 Å². The van der Waals surface area contributed by atoms with Crippen LogP contribution in [0.3, 0.4) is 0 Å². The lowest BCUT2D eigenvalue weighted by Gasteiger charge is -2.51. The zero-order valence-electron chi connectivity index (χ0n) is 14.2. The molecule has 2 heterocycles. The Kier molecular flexibility index (Phi) is 3.55. The van der Waals surface area contributed by atoms with Crippen molar-refractivity contribution in [1.82, 2.24) is 0 Å². The summed E-state index contributed by atoms with van der Waals surface area (Å²) < 4.78 is 12.1. The molecule has 1 aromatic carbocycles. The Labute approximate surface area is 152 Å². The maximum absolute atomic E-state index is 10.1. The van der Waals surface area contributed by atoms with Crippen LogP contribution in [0.4, 0.5) is 0 Å². The molecule has 2 saturated heterocycles. The highest BCUT2D eigenvalue weighted by Gasteiger charge is 2.80. The van der Waals surface area contributed by atoms with Crippen LogP contribution in [0.1, 0.15) is 31.2 Å². The van der Waals surface area contributed by atoms with E-state index in [4.69, 9.17) is 14.9 Å². The van der Waals surface area contributed by atoms with Gasteiger partial charge in [-0.15, -0.1) is 0 Å². The molecule has 0 aromatic heterocycles. The van der Waals surface area contributed by atoms with Gasteiger partial charge in [-0.25, -0.2) is 0 Å². The van der Waals surface area contributed by atoms with Crippen LogP contribution in [0.15, 0.2) is 30.3 Å². The molecule has 0 amide bonds. The van der Waals surface area contributed by atoms with Crippen molar-refractivity contribution in [2.75, 3.05) is 0 Å². The average molecular weight is 346 g/mol. The molecule has 6 nitrogen and oxygen atoms in total. The summed E-state index contributed by atoms with van der Waals surface area (Å²) in [6, 6.07) is 15.8. The predicted molar refractivity (Wildman–Crippen MR) is 90.2 cm³/mol. The van der Waals surface area contributed by atoms with Crippen LogP contribution in [0, 0.1) is 56.2 Å². The van der Waals surface area contributed by atoms with Gasteiger partial charge in [0.05, 0.1) is 24.1 Å². The summed E-state index contributed by atoms with van der Waals surface area (Å²) in [5.41, 5.74) is -2.46. The first kappa shape index (κ1) is 16.6. The lowest BCUT2D eigenvalue weighted by Crippen LogP contribution is -2.63. The molecule has 0 unspecified atom stereocenters. The molecule has 130 valence electrons. The second kappa shape index (κ2) is 5.56. The molecular weight excluding hydrogens is 328 g/mol. The number of rotatable bonds is 2. The van der Waals surface area contributed by atoms with Gasteiger partial charge in [-0.3, -0.25) is 5.41 Å². The van der Waals surface area contributed by atoms with Crippen LogP contribution < -0.4 is 0 Å². The number of ether oxygens (including phenoxy) is 2. The maximum Gasteiger partial charge on any atom is 0.217 e. The van der Waals surface area contributed by atoms with E-state index in [1.54, 1.807) is 0 Å². The van der Waals surface area contributed by atoms with Crippen LogP contribution in [-0.4, -0.2) is 17.8 Å². The number of hydrogen-bond acceptors (Lipinski definition) is 6. The molecule has 1 saturated carbocycles. The first-order chi connectivity index (χ1) is 12.6. The molecule has 1 aromatic rings. The Hall–Kier alpha value is -2.88. The van der Waals surface area contributed by atoms with E-state index in [0.29, 0.717) is 19.3 Å². The standard InChI is InChI=1S/C20H18N4O2/c21-11-18(12-22)16(10-14-6-2-1-3-7-14)25-20-9-5-4-8-15(20)19(18,13-23)17(24)26-20/h1-3,6-7,15-16,24H,4-5,8-10H2/t15-,16+,19-,20+/m0/s1. The van der Waals surface area contributed by atoms with Crippen molar-refractivity contribution in [3.8, 4) is 18.2 Å². The van der Waals surface area contributed by atoms with E-state index in [2.05, 4.69) is 18.2 Å². The number of nitrogens with zero attached hydrogens (tertiary/aromatic N) is 3. The Morgan fingerprint density at radius 2 is 1.81 bits per heavy atom. The zero-order valence-corrected chi connectivity index (χ0v) is 14.2. The molecule has 1 N–H and O–H groups in total. The minimum Gasteiger partial charge on any atom is -0.447 e. The van der Waals surface area contributed by atoms with E-state index in [0.717, 1.165) is 18.4 Å². The van der Waals surface area contributed by atoms with E-state index in [1.807, 2.05) is 30.3 Å². The Morgan fingerprint density at radius 3 is 2.46 bits per heavy atom. The average Bonchev–Trinajstić information content (AvgIpc) is 2.88. The molecule has 26 heavy (non-hydrogen) atoms. The highest BCUT2D eigenvalue weighted by molar-refractivity contribution is 5.89. The topological polar surface area (TPSA) is 114 Å². The van der Waals surface area contributed by atoms with E-state index >= 15 is 0 Å². The molecule has 4 atom stereocenters. The van der Waals surface area contributed by atoms with Crippen molar-refractivity contribution in [2.45, 2.75) is 44.0 Å². The second-order valence-electron chi connectivity index (χ2n) is 7.29. The number of nitrogens with one attached hydrogen (secondary N) is 1. The lowest BCUT2D eigenvalue weighted by molar-refractivity contribution is -0.291. The predicted octanol–water partition coefficient (Wildman–Crippen LogP) is 3.07. The maximum atomic E-state index is 10.1. The third-order valence-electron chi connectivity index (χ3n) is 6.19. The molecule has 6 heteroatoms. The summed E-state index contributed by atoms with van der Waals surface area (Å²) in [7, 11) is 0. The van der Waals surface area contributed by atoms with Crippen LogP contribution in [0.5, 0.6) is 0 Å². The monoisotopic (exact) mass is 346 g/mol. The van der Waals surface area contributed by atoms with E-state index in [9.17, 15) is 15.8 Å². The lowest BCUT2D eigenvalue weighted by atomic mass is 9.51. The summed E-state index contributed by atoms with van der Waals surface area (Å²) in [6.45, 7) is 0. The Balaban J connectivity index is 1.89.